The normalized spacial score (nSPS) is 10.2. The number of rotatable bonds is 7. The predicted octanol–water partition coefficient (Wildman–Crippen LogP) is 3.56. The smallest absolute Gasteiger partial charge is 0.255 e. The van der Waals surface area contributed by atoms with Crippen molar-refractivity contribution in [3.8, 4) is 11.5 Å². The molecule has 0 aliphatic heterocycles. The van der Waals surface area contributed by atoms with Crippen molar-refractivity contribution < 1.29 is 14.3 Å². The number of hydrogen-bond acceptors (Lipinski definition) is 7. The molecule has 8 heteroatoms. The number of carbonyl (C=O) groups is 1. The molecule has 0 radical (unpaired) electrons. The number of nitrogens with one attached hydrogen (secondary N) is 2. The molecule has 0 saturated carbocycles. The average molecular weight is 393 g/mol. The van der Waals surface area contributed by atoms with Crippen LogP contribution in [-0.4, -0.2) is 44.4 Å². The van der Waals surface area contributed by atoms with Crippen LogP contribution in [0.5, 0.6) is 11.5 Å². The van der Waals surface area contributed by atoms with Crippen LogP contribution in [0.15, 0.2) is 54.7 Å². The zero-order valence-corrected chi connectivity index (χ0v) is 16.8. The monoisotopic (exact) mass is 393 g/mol. The third-order valence-electron chi connectivity index (χ3n) is 4.19. The van der Waals surface area contributed by atoms with Gasteiger partial charge in [-0.2, -0.15) is 5.10 Å². The Bertz CT molecular complexity index is 968. The number of anilines is 4. The highest BCUT2D eigenvalue weighted by Crippen LogP contribution is 2.24. The molecular weight excluding hydrogens is 370 g/mol. The Kier molecular flexibility index (Phi) is 6.13. The number of methoxy groups -OCH3 is 2. The lowest BCUT2D eigenvalue weighted by Crippen LogP contribution is -2.12. The van der Waals surface area contributed by atoms with Crippen molar-refractivity contribution in [1.82, 2.24) is 10.2 Å². The van der Waals surface area contributed by atoms with E-state index in [-0.39, 0.29) is 5.91 Å². The minimum Gasteiger partial charge on any atom is -0.497 e. The van der Waals surface area contributed by atoms with Crippen molar-refractivity contribution in [2.24, 2.45) is 0 Å². The van der Waals surface area contributed by atoms with Gasteiger partial charge < -0.3 is 25.0 Å². The van der Waals surface area contributed by atoms with E-state index in [1.54, 1.807) is 50.7 Å². The second kappa shape index (κ2) is 8.92. The van der Waals surface area contributed by atoms with Gasteiger partial charge in [0, 0.05) is 43.2 Å². The van der Waals surface area contributed by atoms with Crippen LogP contribution in [0.25, 0.3) is 0 Å². The van der Waals surface area contributed by atoms with E-state index in [4.69, 9.17) is 9.47 Å². The Morgan fingerprint density at radius 3 is 2.14 bits per heavy atom. The van der Waals surface area contributed by atoms with E-state index in [1.165, 1.54) is 0 Å². The highest BCUT2D eigenvalue weighted by molar-refractivity contribution is 6.04. The molecule has 1 heterocycles. The molecule has 3 rings (SSSR count). The molecule has 0 atom stereocenters. The van der Waals surface area contributed by atoms with E-state index in [0.29, 0.717) is 28.6 Å². The molecule has 1 aromatic heterocycles. The van der Waals surface area contributed by atoms with Crippen LogP contribution in [0.1, 0.15) is 10.4 Å². The molecule has 0 bridgehead atoms. The first-order valence-corrected chi connectivity index (χ1v) is 8.90. The van der Waals surface area contributed by atoms with Gasteiger partial charge in [-0.3, -0.25) is 4.79 Å². The summed E-state index contributed by atoms with van der Waals surface area (Å²) in [6.45, 7) is 0. The Hall–Kier alpha value is -3.81. The van der Waals surface area contributed by atoms with Gasteiger partial charge in [0.05, 0.1) is 26.1 Å². The molecule has 150 valence electrons. The largest absolute Gasteiger partial charge is 0.497 e. The van der Waals surface area contributed by atoms with Gasteiger partial charge in [0.2, 0.25) is 0 Å². The van der Waals surface area contributed by atoms with Crippen molar-refractivity contribution in [2.45, 2.75) is 0 Å². The molecule has 0 aliphatic carbocycles. The van der Waals surface area contributed by atoms with Crippen LogP contribution in [0.4, 0.5) is 22.9 Å². The Balaban J connectivity index is 1.69. The number of carbonyl (C=O) groups excluding carboxylic acids is 1. The van der Waals surface area contributed by atoms with Crippen molar-refractivity contribution in [1.29, 1.82) is 0 Å². The van der Waals surface area contributed by atoms with Gasteiger partial charge >= 0.3 is 0 Å². The summed E-state index contributed by atoms with van der Waals surface area (Å²) in [5.41, 5.74) is 2.88. The molecular formula is C21H23N5O3. The van der Waals surface area contributed by atoms with Crippen molar-refractivity contribution in [2.75, 3.05) is 43.8 Å². The summed E-state index contributed by atoms with van der Waals surface area (Å²) in [5.74, 6) is 1.48. The van der Waals surface area contributed by atoms with E-state index in [9.17, 15) is 4.79 Å². The van der Waals surface area contributed by atoms with Gasteiger partial charge in [-0.1, -0.05) is 0 Å². The first-order chi connectivity index (χ1) is 14.0. The molecule has 1 amide bonds. The summed E-state index contributed by atoms with van der Waals surface area (Å²) >= 11 is 0. The summed E-state index contributed by atoms with van der Waals surface area (Å²) in [4.78, 5) is 14.5. The molecule has 0 spiro atoms. The second-order valence-electron chi connectivity index (χ2n) is 6.45. The van der Waals surface area contributed by atoms with E-state index in [2.05, 4.69) is 20.8 Å². The van der Waals surface area contributed by atoms with Crippen molar-refractivity contribution >= 4 is 28.8 Å². The first-order valence-electron chi connectivity index (χ1n) is 8.90. The third-order valence-corrected chi connectivity index (χ3v) is 4.19. The molecule has 0 unspecified atom stereocenters. The van der Waals surface area contributed by atoms with Crippen LogP contribution in [0.3, 0.4) is 0 Å². The van der Waals surface area contributed by atoms with Gasteiger partial charge in [0.1, 0.15) is 11.5 Å². The van der Waals surface area contributed by atoms with Crippen LogP contribution < -0.4 is 25.0 Å². The second-order valence-corrected chi connectivity index (χ2v) is 6.45. The van der Waals surface area contributed by atoms with Gasteiger partial charge in [0.15, 0.2) is 5.82 Å². The minimum absolute atomic E-state index is 0.257. The summed E-state index contributed by atoms with van der Waals surface area (Å²) in [5, 5.41) is 14.1. The number of benzene rings is 2. The van der Waals surface area contributed by atoms with E-state index in [1.807, 2.05) is 37.2 Å². The maximum atomic E-state index is 12.6. The average Bonchev–Trinajstić information content (AvgIpc) is 2.74. The third kappa shape index (κ3) is 5.13. The topological polar surface area (TPSA) is 88.6 Å². The Morgan fingerprint density at radius 1 is 0.931 bits per heavy atom. The molecule has 29 heavy (non-hydrogen) atoms. The first kappa shape index (κ1) is 19.9. The van der Waals surface area contributed by atoms with Crippen molar-refractivity contribution in [3.63, 3.8) is 0 Å². The van der Waals surface area contributed by atoms with E-state index in [0.717, 1.165) is 11.4 Å². The summed E-state index contributed by atoms with van der Waals surface area (Å²) in [7, 11) is 6.97. The molecule has 0 fully saturated rings. The maximum absolute atomic E-state index is 12.6. The van der Waals surface area contributed by atoms with Gasteiger partial charge in [-0.05, 0) is 36.4 Å². The van der Waals surface area contributed by atoms with Crippen molar-refractivity contribution in [3.05, 3.63) is 60.3 Å². The molecule has 3 aromatic rings. The lowest BCUT2D eigenvalue weighted by Gasteiger charge is -2.13. The Labute approximate surface area is 169 Å². The fourth-order valence-corrected chi connectivity index (χ4v) is 2.59. The number of hydrogen-bond donors (Lipinski definition) is 2. The summed E-state index contributed by atoms with van der Waals surface area (Å²) in [6, 6.07) is 14.2. The standard InChI is InChI=1S/C21H23N5O3/c1-26(2)17-11-20(25-22-13-17)23-15-5-7-16(8-6-15)24-21(27)14-9-18(28-3)12-19(10-14)29-4/h5-13H,1-4H3,(H,23,25)(H,24,27). The number of aromatic nitrogens is 2. The molecule has 8 nitrogen and oxygen atoms in total. The zero-order valence-electron chi connectivity index (χ0n) is 16.8. The van der Waals surface area contributed by atoms with Gasteiger partial charge in [-0.15, -0.1) is 5.10 Å². The van der Waals surface area contributed by atoms with Crippen LogP contribution in [0.2, 0.25) is 0 Å². The van der Waals surface area contributed by atoms with Crippen LogP contribution >= 0.6 is 0 Å². The maximum Gasteiger partial charge on any atom is 0.255 e. The number of ether oxygens (including phenoxy) is 2. The van der Waals surface area contributed by atoms with Gasteiger partial charge in [-0.25, -0.2) is 0 Å². The summed E-state index contributed by atoms with van der Waals surface area (Å²) in [6.07, 6.45) is 1.69. The van der Waals surface area contributed by atoms with Gasteiger partial charge in [0.25, 0.3) is 5.91 Å². The molecule has 2 aromatic carbocycles. The number of amides is 1. The lowest BCUT2D eigenvalue weighted by molar-refractivity contribution is 0.102. The highest BCUT2D eigenvalue weighted by atomic mass is 16.5. The Morgan fingerprint density at radius 2 is 1.55 bits per heavy atom. The molecule has 2 N–H and O–H groups in total. The molecule has 0 saturated heterocycles. The van der Waals surface area contributed by atoms with Crippen LogP contribution in [-0.2, 0) is 0 Å². The lowest BCUT2D eigenvalue weighted by atomic mass is 10.1. The zero-order chi connectivity index (χ0) is 20.8. The van der Waals surface area contributed by atoms with E-state index >= 15 is 0 Å². The fraction of sp³-hybridized carbons (Fsp3) is 0.190. The fourth-order valence-electron chi connectivity index (χ4n) is 2.59. The minimum atomic E-state index is -0.257. The molecule has 0 aliphatic rings. The quantitative estimate of drug-likeness (QED) is 0.634. The SMILES string of the molecule is COc1cc(OC)cc(C(=O)Nc2ccc(Nc3cc(N(C)C)cnn3)cc2)c1. The summed E-state index contributed by atoms with van der Waals surface area (Å²) < 4.78 is 10.4. The number of nitrogens with zero attached hydrogens (tertiary/aromatic N) is 3. The highest BCUT2D eigenvalue weighted by Gasteiger charge is 2.10. The van der Waals surface area contributed by atoms with Crippen LogP contribution in [0, 0.1) is 0 Å². The van der Waals surface area contributed by atoms with E-state index < -0.39 is 0 Å². The predicted molar refractivity (Wildman–Crippen MR) is 114 cm³/mol.